The van der Waals surface area contributed by atoms with Gasteiger partial charge >= 0.3 is 0 Å². The fraction of sp³-hybridized carbons (Fsp3) is 0.0769. The summed E-state index contributed by atoms with van der Waals surface area (Å²) >= 11 is 0. The molecule has 5 heteroatoms. The van der Waals surface area contributed by atoms with Crippen LogP contribution in [-0.2, 0) is 26.5 Å². The van der Waals surface area contributed by atoms with Crippen LogP contribution in [0.3, 0.4) is 0 Å². The number of hydrogen-bond acceptors (Lipinski definition) is 4. The van der Waals surface area contributed by atoms with Gasteiger partial charge in [0.05, 0.1) is 11.1 Å². The van der Waals surface area contributed by atoms with Crippen molar-refractivity contribution in [2.75, 3.05) is 0 Å². The summed E-state index contributed by atoms with van der Waals surface area (Å²) in [6, 6.07) is 46.1. The number of benzene rings is 5. The average molecular weight is 753 g/mol. The molecule has 2 heterocycles. The van der Waals surface area contributed by atoms with E-state index in [4.69, 9.17) is 14.4 Å². The first-order valence-electron chi connectivity index (χ1n) is 14.3. The molecule has 0 fully saturated rings. The zero-order valence-electron chi connectivity index (χ0n) is 24.3. The molecule has 5 aromatic carbocycles. The van der Waals surface area contributed by atoms with Crippen LogP contribution >= 0.6 is 0 Å². The van der Waals surface area contributed by atoms with Gasteiger partial charge in [-0.3, -0.25) is 4.98 Å². The molecule has 0 unspecified atom stereocenters. The predicted octanol–water partition coefficient (Wildman–Crippen LogP) is 9.72. The Morgan fingerprint density at radius 3 is 2.18 bits per heavy atom. The molecule has 0 saturated carbocycles. The third-order valence-electron chi connectivity index (χ3n) is 8.08. The number of oxazole rings is 1. The largest absolute Gasteiger partial charge is 0.507 e. The van der Waals surface area contributed by atoms with E-state index in [1.807, 2.05) is 60.8 Å². The van der Waals surface area contributed by atoms with Crippen LogP contribution in [0.25, 0.3) is 56.1 Å². The Balaban J connectivity index is 0.00000343. The van der Waals surface area contributed by atoms with Gasteiger partial charge in [0, 0.05) is 33.0 Å². The van der Waals surface area contributed by atoms with Crippen LogP contribution in [0.4, 0.5) is 0 Å². The minimum atomic E-state index is -0.336. The van der Waals surface area contributed by atoms with Gasteiger partial charge in [0.25, 0.3) is 0 Å². The zero-order chi connectivity index (χ0) is 29.4. The molecule has 0 spiro atoms. The van der Waals surface area contributed by atoms with E-state index >= 15 is 0 Å². The van der Waals surface area contributed by atoms with E-state index < -0.39 is 0 Å². The molecule has 7 aromatic rings. The zero-order valence-corrected chi connectivity index (χ0v) is 26.5. The number of aromatic hydroxyl groups is 1. The quantitative estimate of drug-likeness (QED) is 0.172. The summed E-state index contributed by atoms with van der Waals surface area (Å²) in [7, 11) is 0. The maximum atomic E-state index is 10.5. The summed E-state index contributed by atoms with van der Waals surface area (Å²) in [5.41, 5.74) is 9.68. The van der Waals surface area contributed by atoms with Crippen molar-refractivity contribution in [1.82, 2.24) is 9.97 Å². The molecule has 218 valence electrons. The van der Waals surface area contributed by atoms with E-state index in [-0.39, 0.29) is 32.2 Å². The van der Waals surface area contributed by atoms with Crippen LogP contribution in [-0.4, -0.2) is 15.1 Å². The van der Waals surface area contributed by atoms with Gasteiger partial charge in [-0.15, -0.1) is 29.3 Å². The predicted molar refractivity (Wildman–Crippen MR) is 173 cm³/mol. The Hall–Kier alpha value is -4.79. The van der Waals surface area contributed by atoms with Gasteiger partial charge in [0.2, 0.25) is 5.89 Å². The molecule has 0 aliphatic carbocycles. The van der Waals surface area contributed by atoms with E-state index in [1.54, 1.807) is 12.1 Å². The molecule has 0 aliphatic rings. The Morgan fingerprint density at radius 1 is 0.705 bits per heavy atom. The Morgan fingerprint density at radius 2 is 1.41 bits per heavy atom. The third-order valence-corrected chi connectivity index (χ3v) is 8.08. The first kappa shape index (κ1) is 29.3. The number of nitrogens with zero attached hydrogens (tertiary/aromatic N) is 2. The molecule has 0 saturated heterocycles. The second kappa shape index (κ2) is 12.1. The Labute approximate surface area is 271 Å². The van der Waals surface area contributed by atoms with Crippen LogP contribution in [0.1, 0.15) is 25.0 Å². The summed E-state index contributed by atoms with van der Waals surface area (Å²) in [6.07, 6.45) is 1.85. The smallest absolute Gasteiger partial charge is 0.230 e. The first-order valence-corrected chi connectivity index (χ1v) is 14.3. The van der Waals surface area contributed by atoms with Crippen molar-refractivity contribution in [3.05, 3.63) is 151 Å². The standard InChI is InChI=1S/C39H29N2O2.Pt/c1-39(2,29-14-7-4-8-15-29)33-21-20-28(34-25-27(22-23-40-34)26-12-5-3-6-13-26)24-32(33)30-17-11-19-36-37(30)41-38(43-36)31-16-9-10-18-35(31)42;/h3-23,25,42H,1-2H3;/q-1;. The van der Waals surface area contributed by atoms with Crippen molar-refractivity contribution >= 4 is 11.1 Å². The second-order valence-corrected chi connectivity index (χ2v) is 11.1. The summed E-state index contributed by atoms with van der Waals surface area (Å²) in [5, 5.41) is 10.5. The van der Waals surface area contributed by atoms with Gasteiger partial charge in [-0.05, 0) is 46.4 Å². The van der Waals surface area contributed by atoms with E-state index in [2.05, 4.69) is 80.6 Å². The summed E-state index contributed by atoms with van der Waals surface area (Å²) < 4.78 is 6.19. The SMILES string of the molecule is CC(C)(c1ccccc1)c1ccc(-c2cc(-c3ccccc3)ccn2)[c-]c1-c1cccc2oc(-c3ccccc3O)nc12.[Pt]. The summed E-state index contributed by atoms with van der Waals surface area (Å²) in [4.78, 5) is 9.65. The summed E-state index contributed by atoms with van der Waals surface area (Å²) in [6.45, 7) is 4.47. The van der Waals surface area contributed by atoms with Crippen LogP contribution < -0.4 is 0 Å². The number of rotatable bonds is 6. The van der Waals surface area contributed by atoms with Gasteiger partial charge in [-0.2, -0.15) is 0 Å². The van der Waals surface area contributed by atoms with E-state index in [1.165, 1.54) is 5.56 Å². The minimum Gasteiger partial charge on any atom is -0.507 e. The second-order valence-electron chi connectivity index (χ2n) is 11.1. The molecule has 4 nitrogen and oxygen atoms in total. The monoisotopic (exact) mass is 752 g/mol. The van der Waals surface area contributed by atoms with Crippen LogP contribution in [0, 0.1) is 6.07 Å². The Kier molecular flexibility index (Phi) is 8.03. The number of fused-ring (bicyclic) bond motifs is 1. The van der Waals surface area contributed by atoms with Gasteiger partial charge < -0.3 is 9.52 Å². The maximum absolute atomic E-state index is 10.5. The van der Waals surface area contributed by atoms with E-state index in [0.29, 0.717) is 22.6 Å². The van der Waals surface area contributed by atoms with Crippen molar-refractivity contribution < 1.29 is 30.6 Å². The number of hydrogen-bond donors (Lipinski definition) is 1. The Bertz CT molecular complexity index is 2070. The molecule has 7 rings (SSSR count). The van der Waals surface area contributed by atoms with Crippen molar-refractivity contribution in [3.63, 3.8) is 0 Å². The molecular weight excluding hydrogens is 724 g/mol. The summed E-state index contributed by atoms with van der Waals surface area (Å²) in [5.74, 6) is 0.497. The first-order chi connectivity index (χ1) is 21.0. The molecule has 0 amide bonds. The number of para-hydroxylation sites is 2. The third kappa shape index (κ3) is 5.38. The normalized spacial score (nSPS) is 11.3. The average Bonchev–Trinajstić information content (AvgIpc) is 3.50. The molecule has 1 N–H and O–H groups in total. The van der Waals surface area contributed by atoms with E-state index in [9.17, 15) is 5.11 Å². The van der Waals surface area contributed by atoms with Crippen molar-refractivity contribution in [3.8, 4) is 50.7 Å². The van der Waals surface area contributed by atoms with Crippen LogP contribution in [0.5, 0.6) is 5.75 Å². The number of phenolic OH excluding ortho intramolecular Hbond substituents is 1. The molecule has 0 radical (unpaired) electrons. The molecule has 0 bridgehead atoms. The van der Waals surface area contributed by atoms with Gasteiger partial charge in [0.1, 0.15) is 11.3 Å². The molecule has 2 aromatic heterocycles. The fourth-order valence-electron chi connectivity index (χ4n) is 5.69. The van der Waals surface area contributed by atoms with E-state index in [0.717, 1.165) is 39.1 Å². The van der Waals surface area contributed by atoms with Gasteiger partial charge in [-0.25, -0.2) is 4.98 Å². The number of pyridine rings is 1. The van der Waals surface area contributed by atoms with Gasteiger partial charge in [-0.1, -0.05) is 116 Å². The van der Waals surface area contributed by atoms with Crippen molar-refractivity contribution in [1.29, 1.82) is 0 Å². The number of aromatic nitrogens is 2. The van der Waals surface area contributed by atoms with Gasteiger partial charge in [0.15, 0.2) is 0 Å². The molecule has 44 heavy (non-hydrogen) atoms. The molecular formula is C39H29N2O2Pt-. The minimum absolute atomic E-state index is 0. The maximum Gasteiger partial charge on any atom is 0.230 e. The molecule has 0 aliphatic heterocycles. The fourth-order valence-corrected chi connectivity index (χ4v) is 5.69. The number of phenols is 1. The van der Waals surface area contributed by atoms with Crippen LogP contribution in [0.15, 0.2) is 138 Å². The van der Waals surface area contributed by atoms with Crippen molar-refractivity contribution in [2.24, 2.45) is 0 Å². The van der Waals surface area contributed by atoms with Crippen LogP contribution in [0.2, 0.25) is 0 Å². The van der Waals surface area contributed by atoms with Crippen molar-refractivity contribution in [2.45, 2.75) is 19.3 Å². The topological polar surface area (TPSA) is 59.2 Å². The molecule has 0 atom stereocenters.